The molecule has 0 radical (unpaired) electrons. The number of pyridine rings is 1. The van der Waals surface area contributed by atoms with Gasteiger partial charge in [0.25, 0.3) is 0 Å². The number of benzene rings is 1. The molecule has 0 saturated carbocycles. The molecule has 2 rings (SSSR count). The molecule has 0 aliphatic carbocycles. The lowest BCUT2D eigenvalue weighted by Gasteiger charge is -2.10. The first-order chi connectivity index (χ1) is 9.72. The van der Waals surface area contributed by atoms with Crippen LogP contribution in [0.1, 0.15) is 25.1 Å². The molecule has 1 aromatic heterocycles. The van der Waals surface area contributed by atoms with E-state index in [0.29, 0.717) is 5.88 Å². The SMILES string of the molecule is CCNCc1cc(CC)nc(Oc2ccccc2F)c1. The summed E-state index contributed by atoms with van der Waals surface area (Å²) in [6.45, 7) is 5.73. The molecule has 20 heavy (non-hydrogen) atoms. The predicted molar refractivity (Wildman–Crippen MR) is 77.5 cm³/mol. The summed E-state index contributed by atoms with van der Waals surface area (Å²) in [6, 6.07) is 10.2. The highest BCUT2D eigenvalue weighted by Gasteiger charge is 2.07. The van der Waals surface area contributed by atoms with Crippen molar-refractivity contribution in [2.45, 2.75) is 26.8 Å². The fraction of sp³-hybridized carbons (Fsp3) is 0.312. The van der Waals surface area contributed by atoms with Crippen LogP contribution in [-0.2, 0) is 13.0 Å². The average molecular weight is 274 g/mol. The topological polar surface area (TPSA) is 34.2 Å². The van der Waals surface area contributed by atoms with Gasteiger partial charge in [-0.1, -0.05) is 26.0 Å². The van der Waals surface area contributed by atoms with E-state index in [2.05, 4.69) is 17.2 Å². The second kappa shape index (κ2) is 7.01. The molecule has 0 bridgehead atoms. The van der Waals surface area contributed by atoms with Gasteiger partial charge in [-0.15, -0.1) is 0 Å². The van der Waals surface area contributed by atoms with Crippen LogP contribution in [0, 0.1) is 5.82 Å². The fourth-order valence-corrected chi connectivity index (χ4v) is 1.87. The van der Waals surface area contributed by atoms with Crippen molar-refractivity contribution in [2.24, 2.45) is 0 Å². The summed E-state index contributed by atoms with van der Waals surface area (Å²) < 4.78 is 19.2. The quantitative estimate of drug-likeness (QED) is 0.872. The molecule has 0 fully saturated rings. The Bertz CT molecular complexity index is 572. The van der Waals surface area contributed by atoms with Crippen LogP contribution >= 0.6 is 0 Å². The standard InChI is InChI=1S/C16H19FN2O/c1-3-13-9-12(11-18-4-2)10-16(19-13)20-15-8-6-5-7-14(15)17/h5-10,18H,3-4,11H2,1-2H3. The third-order valence-electron chi connectivity index (χ3n) is 2.91. The smallest absolute Gasteiger partial charge is 0.219 e. The number of aryl methyl sites for hydroxylation is 1. The second-order valence-electron chi connectivity index (χ2n) is 4.47. The number of nitrogens with one attached hydrogen (secondary N) is 1. The Labute approximate surface area is 118 Å². The Morgan fingerprint density at radius 1 is 1.20 bits per heavy atom. The van der Waals surface area contributed by atoms with Crippen molar-refractivity contribution in [2.75, 3.05) is 6.54 Å². The van der Waals surface area contributed by atoms with Crippen molar-refractivity contribution < 1.29 is 9.13 Å². The van der Waals surface area contributed by atoms with Crippen LogP contribution in [0.4, 0.5) is 4.39 Å². The van der Waals surface area contributed by atoms with Gasteiger partial charge < -0.3 is 10.1 Å². The zero-order valence-corrected chi connectivity index (χ0v) is 11.8. The molecule has 0 aliphatic heterocycles. The van der Waals surface area contributed by atoms with Crippen LogP contribution in [0.2, 0.25) is 0 Å². The van der Waals surface area contributed by atoms with E-state index in [-0.39, 0.29) is 11.6 Å². The minimum atomic E-state index is -0.385. The monoisotopic (exact) mass is 274 g/mol. The van der Waals surface area contributed by atoms with Crippen molar-refractivity contribution >= 4 is 0 Å². The number of para-hydroxylation sites is 1. The molecule has 1 aromatic carbocycles. The zero-order chi connectivity index (χ0) is 14.4. The summed E-state index contributed by atoms with van der Waals surface area (Å²) in [5.41, 5.74) is 2.02. The van der Waals surface area contributed by atoms with Gasteiger partial charge in [-0.2, -0.15) is 0 Å². The van der Waals surface area contributed by atoms with Crippen molar-refractivity contribution in [1.82, 2.24) is 10.3 Å². The number of ether oxygens (including phenoxy) is 1. The molecule has 0 amide bonds. The molecule has 1 N–H and O–H groups in total. The minimum Gasteiger partial charge on any atom is -0.436 e. The van der Waals surface area contributed by atoms with Crippen LogP contribution in [0.25, 0.3) is 0 Å². The molecule has 3 nitrogen and oxygen atoms in total. The highest BCUT2D eigenvalue weighted by molar-refractivity contribution is 5.31. The van der Waals surface area contributed by atoms with E-state index in [9.17, 15) is 4.39 Å². The molecule has 106 valence electrons. The third kappa shape index (κ3) is 3.78. The number of nitrogens with zero attached hydrogens (tertiary/aromatic N) is 1. The maximum absolute atomic E-state index is 13.6. The first-order valence-corrected chi connectivity index (χ1v) is 6.85. The molecule has 0 unspecified atom stereocenters. The molecular formula is C16H19FN2O. The van der Waals surface area contributed by atoms with Gasteiger partial charge in [-0.05, 0) is 36.7 Å². The van der Waals surface area contributed by atoms with Crippen molar-refractivity contribution in [3.63, 3.8) is 0 Å². The normalized spacial score (nSPS) is 10.6. The molecule has 1 heterocycles. The maximum Gasteiger partial charge on any atom is 0.219 e. The first-order valence-electron chi connectivity index (χ1n) is 6.85. The summed E-state index contributed by atoms with van der Waals surface area (Å²) in [5.74, 6) is 0.245. The Morgan fingerprint density at radius 3 is 2.70 bits per heavy atom. The van der Waals surface area contributed by atoms with Gasteiger partial charge in [0.1, 0.15) is 0 Å². The van der Waals surface area contributed by atoms with Gasteiger partial charge in [0.2, 0.25) is 5.88 Å². The van der Waals surface area contributed by atoms with E-state index in [4.69, 9.17) is 4.74 Å². The number of aromatic nitrogens is 1. The van der Waals surface area contributed by atoms with E-state index < -0.39 is 0 Å². The van der Waals surface area contributed by atoms with Gasteiger partial charge in [0.05, 0.1) is 0 Å². The van der Waals surface area contributed by atoms with Crippen molar-refractivity contribution in [1.29, 1.82) is 0 Å². The van der Waals surface area contributed by atoms with Gasteiger partial charge in [-0.3, -0.25) is 0 Å². The summed E-state index contributed by atoms with van der Waals surface area (Å²) in [6.07, 6.45) is 0.813. The molecule has 4 heteroatoms. The van der Waals surface area contributed by atoms with E-state index in [1.54, 1.807) is 18.2 Å². The van der Waals surface area contributed by atoms with Crippen LogP contribution in [0.5, 0.6) is 11.6 Å². The van der Waals surface area contributed by atoms with Crippen molar-refractivity contribution in [3.05, 3.63) is 53.5 Å². The Morgan fingerprint density at radius 2 is 2.00 bits per heavy atom. The van der Waals surface area contributed by atoms with E-state index >= 15 is 0 Å². The Kier molecular flexibility index (Phi) is 5.07. The third-order valence-corrected chi connectivity index (χ3v) is 2.91. The summed E-state index contributed by atoms with van der Waals surface area (Å²) in [7, 11) is 0. The number of hydrogen-bond acceptors (Lipinski definition) is 3. The van der Waals surface area contributed by atoms with Crippen molar-refractivity contribution in [3.8, 4) is 11.6 Å². The highest BCUT2D eigenvalue weighted by atomic mass is 19.1. The highest BCUT2D eigenvalue weighted by Crippen LogP contribution is 2.24. The van der Waals surface area contributed by atoms with E-state index in [1.807, 2.05) is 19.1 Å². The van der Waals surface area contributed by atoms with Crippen LogP contribution in [0.3, 0.4) is 0 Å². The van der Waals surface area contributed by atoms with Crippen LogP contribution in [-0.4, -0.2) is 11.5 Å². The predicted octanol–water partition coefficient (Wildman–Crippen LogP) is 3.68. The summed E-state index contributed by atoms with van der Waals surface area (Å²) >= 11 is 0. The summed E-state index contributed by atoms with van der Waals surface area (Å²) in [4.78, 5) is 4.38. The molecule has 0 aliphatic rings. The van der Waals surface area contributed by atoms with Gasteiger partial charge in [0.15, 0.2) is 11.6 Å². The van der Waals surface area contributed by atoms with E-state index in [0.717, 1.165) is 30.8 Å². The summed E-state index contributed by atoms with van der Waals surface area (Å²) in [5, 5.41) is 3.26. The fourth-order valence-electron chi connectivity index (χ4n) is 1.87. The molecular weight excluding hydrogens is 255 g/mol. The van der Waals surface area contributed by atoms with Crippen LogP contribution in [0.15, 0.2) is 36.4 Å². The molecule has 0 spiro atoms. The van der Waals surface area contributed by atoms with Gasteiger partial charge in [0, 0.05) is 18.3 Å². The largest absolute Gasteiger partial charge is 0.436 e. The van der Waals surface area contributed by atoms with E-state index in [1.165, 1.54) is 6.07 Å². The first kappa shape index (κ1) is 14.5. The number of hydrogen-bond donors (Lipinski definition) is 1. The lowest BCUT2D eigenvalue weighted by Crippen LogP contribution is -2.12. The lowest BCUT2D eigenvalue weighted by atomic mass is 10.2. The second-order valence-corrected chi connectivity index (χ2v) is 4.47. The minimum absolute atomic E-state index is 0.197. The lowest BCUT2D eigenvalue weighted by molar-refractivity contribution is 0.425. The maximum atomic E-state index is 13.6. The van der Waals surface area contributed by atoms with Gasteiger partial charge in [-0.25, -0.2) is 9.37 Å². The Balaban J connectivity index is 2.24. The zero-order valence-electron chi connectivity index (χ0n) is 11.8. The van der Waals surface area contributed by atoms with Gasteiger partial charge >= 0.3 is 0 Å². The molecule has 0 atom stereocenters. The Hall–Kier alpha value is -1.94. The number of rotatable bonds is 6. The molecule has 2 aromatic rings. The van der Waals surface area contributed by atoms with Crippen LogP contribution < -0.4 is 10.1 Å². The number of halogens is 1. The molecule has 0 saturated heterocycles. The average Bonchev–Trinajstić information content (AvgIpc) is 2.47.